The van der Waals surface area contributed by atoms with Crippen LogP contribution in [0.25, 0.3) is 0 Å². The Hall–Kier alpha value is 0.492. The standard InChI is InChI=1S/C8H16O.C2H5.Al/c1-4-7-8(9,5-2)6-3;1-2;/h1,4-7H2,2-3H3;1H2,2H3;/q-1;;+1. The van der Waals surface area contributed by atoms with Crippen molar-refractivity contribution in [3.8, 4) is 0 Å². The summed E-state index contributed by atoms with van der Waals surface area (Å²) < 4.78 is 6.26. The maximum atomic E-state index is 6.26. The van der Waals surface area contributed by atoms with E-state index >= 15 is 0 Å². The van der Waals surface area contributed by atoms with Crippen LogP contribution in [-0.2, 0) is 3.79 Å². The highest BCUT2D eigenvalue weighted by atomic mass is 27.2. The minimum absolute atomic E-state index is 0.297. The predicted octanol–water partition coefficient (Wildman–Crippen LogP) is 3.37. The van der Waals surface area contributed by atoms with Gasteiger partial charge in [0.05, 0.1) is 0 Å². The summed E-state index contributed by atoms with van der Waals surface area (Å²) in [6, 6.07) is 0. The van der Waals surface area contributed by atoms with Crippen molar-refractivity contribution in [3.05, 3.63) is 0 Å². The van der Waals surface area contributed by atoms with Crippen LogP contribution < -0.4 is 0 Å². The molecule has 1 rings (SSSR count). The summed E-state index contributed by atoms with van der Waals surface area (Å²) >= 11 is -0.766. The Morgan fingerprint density at radius 1 is 1.25 bits per heavy atom. The van der Waals surface area contributed by atoms with Gasteiger partial charge in [-0.3, -0.25) is 0 Å². The van der Waals surface area contributed by atoms with Crippen molar-refractivity contribution in [2.24, 2.45) is 0 Å². The van der Waals surface area contributed by atoms with Crippen molar-refractivity contribution in [3.63, 3.8) is 0 Å². The molecule has 0 atom stereocenters. The fourth-order valence-electron chi connectivity index (χ4n) is 2.18. The molecule has 12 heavy (non-hydrogen) atoms. The zero-order valence-electron chi connectivity index (χ0n) is 8.73. The molecule has 0 aromatic heterocycles. The number of hydrogen-bond donors (Lipinski definition) is 0. The quantitative estimate of drug-likeness (QED) is 0.611. The lowest BCUT2D eigenvalue weighted by Gasteiger charge is -2.40. The highest BCUT2D eigenvalue weighted by Crippen LogP contribution is 2.34. The van der Waals surface area contributed by atoms with Crippen LogP contribution in [0, 0.1) is 0 Å². The van der Waals surface area contributed by atoms with E-state index in [-0.39, 0.29) is 0 Å². The van der Waals surface area contributed by atoms with Gasteiger partial charge in [-0.2, -0.15) is 0 Å². The average molecular weight is 184 g/mol. The first-order valence-electron chi connectivity index (χ1n) is 5.44. The molecule has 0 N–H and O–H groups in total. The van der Waals surface area contributed by atoms with E-state index in [1.165, 1.54) is 36.2 Å². The summed E-state index contributed by atoms with van der Waals surface area (Å²) in [5.74, 6) is 0. The van der Waals surface area contributed by atoms with Crippen LogP contribution in [0.5, 0.6) is 0 Å². The molecule has 1 heterocycles. The molecule has 0 amide bonds. The minimum atomic E-state index is -0.766. The van der Waals surface area contributed by atoms with E-state index in [1.807, 2.05) is 0 Å². The van der Waals surface area contributed by atoms with Crippen molar-refractivity contribution in [2.75, 3.05) is 0 Å². The van der Waals surface area contributed by atoms with Gasteiger partial charge in [0.2, 0.25) is 0 Å². The van der Waals surface area contributed by atoms with Gasteiger partial charge in [-0.25, -0.2) is 0 Å². The van der Waals surface area contributed by atoms with Crippen molar-refractivity contribution in [1.29, 1.82) is 0 Å². The van der Waals surface area contributed by atoms with Gasteiger partial charge in [0.1, 0.15) is 0 Å². The maximum Gasteiger partial charge on any atom is 0.460 e. The van der Waals surface area contributed by atoms with Crippen LogP contribution in [0.1, 0.15) is 46.5 Å². The first-order chi connectivity index (χ1) is 5.76. The molecular weight excluding hydrogens is 163 g/mol. The Bertz CT molecular complexity index is 132. The maximum absolute atomic E-state index is 6.26. The second kappa shape index (κ2) is 4.65. The van der Waals surface area contributed by atoms with Gasteiger partial charge >= 0.3 is 14.5 Å². The van der Waals surface area contributed by atoms with Crippen LogP contribution in [0.3, 0.4) is 0 Å². The smallest absolute Gasteiger partial charge is 0.460 e. The third-order valence-corrected chi connectivity index (χ3v) is 6.12. The lowest BCUT2D eigenvalue weighted by molar-refractivity contribution is 0.0335. The topological polar surface area (TPSA) is 9.23 Å². The van der Waals surface area contributed by atoms with Crippen LogP contribution in [0.4, 0.5) is 0 Å². The monoisotopic (exact) mass is 184 g/mol. The van der Waals surface area contributed by atoms with Crippen molar-refractivity contribution >= 4 is 14.5 Å². The molecule has 1 aliphatic rings. The van der Waals surface area contributed by atoms with Crippen molar-refractivity contribution in [2.45, 2.75) is 62.6 Å². The van der Waals surface area contributed by atoms with E-state index in [0.717, 1.165) is 0 Å². The van der Waals surface area contributed by atoms with E-state index in [0.29, 0.717) is 5.60 Å². The molecule has 1 nitrogen and oxygen atoms in total. The fraction of sp³-hybridized carbons (Fsp3) is 1.00. The lowest BCUT2D eigenvalue weighted by Crippen LogP contribution is -2.41. The molecule has 0 aliphatic carbocycles. The zero-order chi connectivity index (χ0) is 9.03. The van der Waals surface area contributed by atoms with Crippen LogP contribution in [0.15, 0.2) is 0 Å². The van der Waals surface area contributed by atoms with Crippen LogP contribution in [0.2, 0.25) is 10.6 Å². The van der Waals surface area contributed by atoms with Gasteiger partial charge in [-0.05, 0) is 19.3 Å². The average Bonchev–Trinajstić information content (AvgIpc) is 2.18. The highest BCUT2D eigenvalue weighted by Gasteiger charge is 2.36. The van der Waals surface area contributed by atoms with Gasteiger partial charge in [-0.1, -0.05) is 37.8 Å². The van der Waals surface area contributed by atoms with Gasteiger partial charge in [0.25, 0.3) is 0 Å². The molecular formula is C10H21AlO. The molecule has 0 unspecified atom stereocenters. The molecule has 0 spiro atoms. The Balaban J connectivity index is 2.52. The molecule has 0 saturated carbocycles. The second-order valence-corrected chi connectivity index (χ2v) is 6.80. The number of rotatable bonds is 3. The molecule has 2 heteroatoms. The normalized spacial score (nSPS) is 22.8. The Labute approximate surface area is 81.2 Å². The summed E-state index contributed by atoms with van der Waals surface area (Å²) in [5.41, 5.74) is 0.297. The molecule has 0 radical (unpaired) electrons. The molecule has 0 aromatic rings. The molecule has 0 aromatic carbocycles. The minimum Gasteiger partial charge on any atom is -0.496 e. The van der Waals surface area contributed by atoms with Gasteiger partial charge < -0.3 is 3.79 Å². The summed E-state index contributed by atoms with van der Waals surface area (Å²) in [6.07, 6.45) is 5.16. The van der Waals surface area contributed by atoms with E-state index in [2.05, 4.69) is 20.8 Å². The van der Waals surface area contributed by atoms with Gasteiger partial charge in [-0.15, -0.1) is 0 Å². The lowest BCUT2D eigenvalue weighted by atomic mass is 9.92. The Kier molecular flexibility index (Phi) is 4.10. The second-order valence-electron chi connectivity index (χ2n) is 3.93. The summed E-state index contributed by atoms with van der Waals surface area (Å²) in [4.78, 5) is 0. The molecule has 1 aliphatic heterocycles. The summed E-state index contributed by atoms with van der Waals surface area (Å²) in [6.45, 7) is 6.84. The van der Waals surface area contributed by atoms with Gasteiger partial charge in [0.15, 0.2) is 0 Å². The molecule has 1 fully saturated rings. The SMILES string of the molecule is C[CH2][Al]1[CH2]CCC(CC)(CC)[O]1. The van der Waals surface area contributed by atoms with Crippen molar-refractivity contribution in [1.82, 2.24) is 0 Å². The summed E-state index contributed by atoms with van der Waals surface area (Å²) in [7, 11) is 0. The predicted molar refractivity (Wildman–Crippen MR) is 54.7 cm³/mol. The largest absolute Gasteiger partial charge is 0.496 e. The van der Waals surface area contributed by atoms with E-state index < -0.39 is 14.5 Å². The Morgan fingerprint density at radius 3 is 2.42 bits per heavy atom. The zero-order valence-corrected chi connectivity index (χ0v) is 9.88. The first-order valence-corrected chi connectivity index (χ1v) is 7.54. The van der Waals surface area contributed by atoms with E-state index in [4.69, 9.17) is 3.79 Å². The van der Waals surface area contributed by atoms with E-state index in [9.17, 15) is 0 Å². The van der Waals surface area contributed by atoms with Gasteiger partial charge in [0, 0.05) is 5.60 Å². The molecule has 0 bridgehead atoms. The third kappa shape index (κ3) is 2.25. The molecule has 70 valence electrons. The highest BCUT2D eigenvalue weighted by molar-refractivity contribution is 6.52. The van der Waals surface area contributed by atoms with Crippen LogP contribution in [-0.4, -0.2) is 20.1 Å². The Morgan fingerprint density at radius 2 is 1.92 bits per heavy atom. The number of hydrogen-bond acceptors (Lipinski definition) is 1. The fourth-order valence-corrected chi connectivity index (χ4v) is 4.69. The molecule has 1 saturated heterocycles. The third-order valence-electron chi connectivity index (χ3n) is 3.32. The van der Waals surface area contributed by atoms with Crippen molar-refractivity contribution < 1.29 is 3.79 Å². The van der Waals surface area contributed by atoms with E-state index in [1.54, 1.807) is 0 Å². The van der Waals surface area contributed by atoms with Crippen LogP contribution >= 0.6 is 0 Å². The summed E-state index contributed by atoms with van der Waals surface area (Å²) in [5, 5.41) is 2.74. The first kappa shape index (κ1) is 10.6.